The monoisotopic (exact) mass is 463 g/mol. The smallest absolute Gasteiger partial charge is 0.261 e. The lowest BCUT2D eigenvalue weighted by molar-refractivity contribution is -0.0395. The molecular weight excluding hydrogens is 437 g/mol. The molecule has 0 unspecified atom stereocenters. The molecule has 1 N–H and O–H groups in total. The summed E-state index contributed by atoms with van der Waals surface area (Å²) in [6.07, 6.45) is 5.12. The normalized spacial score (nSPS) is 18.5. The van der Waals surface area contributed by atoms with Gasteiger partial charge in [-0.1, -0.05) is 6.07 Å². The second-order valence-corrected chi connectivity index (χ2v) is 8.86. The Balaban J connectivity index is 1.51. The number of nitrogens with zero attached hydrogens (tertiary/aromatic N) is 5. The van der Waals surface area contributed by atoms with Crippen molar-refractivity contribution < 1.29 is 14.2 Å². The molecule has 0 bridgehead atoms. The Hall–Kier alpha value is -3.43. The molecule has 9 heteroatoms. The zero-order chi connectivity index (χ0) is 24.0. The van der Waals surface area contributed by atoms with Crippen molar-refractivity contribution in [1.82, 2.24) is 24.3 Å². The van der Waals surface area contributed by atoms with E-state index in [4.69, 9.17) is 4.74 Å². The van der Waals surface area contributed by atoms with Gasteiger partial charge in [0.05, 0.1) is 41.9 Å². The van der Waals surface area contributed by atoms with Gasteiger partial charge in [0.15, 0.2) is 5.82 Å². The first-order valence-corrected chi connectivity index (χ1v) is 11.2. The number of hydrogen-bond donors (Lipinski definition) is 1. The third-order valence-corrected chi connectivity index (χ3v) is 6.53. The maximum Gasteiger partial charge on any atom is 0.261 e. The molecule has 4 heterocycles. The van der Waals surface area contributed by atoms with Crippen LogP contribution in [0.15, 0.2) is 41.7 Å². The number of aryl methyl sites for hydroxylation is 2. The Bertz CT molecular complexity index is 1430. The van der Waals surface area contributed by atoms with Crippen LogP contribution in [-0.2, 0) is 18.2 Å². The topological polar surface area (TPSA) is 95.1 Å². The quantitative estimate of drug-likeness (QED) is 0.500. The molecule has 0 spiro atoms. The Kier molecular flexibility index (Phi) is 5.75. The predicted molar refractivity (Wildman–Crippen MR) is 125 cm³/mol. The van der Waals surface area contributed by atoms with Gasteiger partial charge in [-0.15, -0.1) is 0 Å². The fraction of sp³-hybridized carbons (Fsp3) is 0.360. The summed E-state index contributed by atoms with van der Waals surface area (Å²) >= 11 is 0. The Labute approximate surface area is 195 Å². The Morgan fingerprint density at radius 3 is 2.76 bits per heavy atom. The number of pyridine rings is 1. The first-order valence-electron chi connectivity index (χ1n) is 11.2. The van der Waals surface area contributed by atoms with Crippen LogP contribution < -0.4 is 5.56 Å². The Morgan fingerprint density at radius 2 is 2.09 bits per heavy atom. The summed E-state index contributed by atoms with van der Waals surface area (Å²) in [5, 5.41) is 14.9. The molecule has 3 aromatic heterocycles. The van der Waals surface area contributed by atoms with E-state index in [9.17, 15) is 9.90 Å². The van der Waals surface area contributed by atoms with Crippen LogP contribution in [-0.4, -0.2) is 48.7 Å². The molecule has 1 aromatic carbocycles. The molecule has 0 amide bonds. The number of hydrogen-bond acceptors (Lipinski definition) is 6. The van der Waals surface area contributed by atoms with E-state index >= 15 is 4.39 Å². The molecule has 34 heavy (non-hydrogen) atoms. The van der Waals surface area contributed by atoms with Gasteiger partial charge in [-0.25, -0.2) is 9.37 Å². The van der Waals surface area contributed by atoms with E-state index in [0.717, 1.165) is 22.5 Å². The number of rotatable bonds is 4. The minimum absolute atomic E-state index is 0.0459. The van der Waals surface area contributed by atoms with Crippen LogP contribution in [0.3, 0.4) is 0 Å². The summed E-state index contributed by atoms with van der Waals surface area (Å²) in [4.78, 5) is 22.1. The second kappa shape index (κ2) is 8.73. The highest BCUT2D eigenvalue weighted by atomic mass is 19.1. The van der Waals surface area contributed by atoms with E-state index in [0.29, 0.717) is 30.6 Å². The number of aliphatic hydroxyl groups is 1. The maximum atomic E-state index is 15.2. The Morgan fingerprint density at radius 1 is 1.26 bits per heavy atom. The first-order chi connectivity index (χ1) is 16.3. The highest BCUT2D eigenvalue weighted by molar-refractivity contribution is 5.80. The molecule has 5 rings (SSSR count). The standard InChI is InChI=1S/C25H26FN5O3/c1-14-17(8-16-4-5-20(27-10-16)19-11-30(3)29-15(19)2)9-18-24(23(14)26)28-13-31(25(18)33)21-6-7-34-12-22(21)32/h4-5,9-11,13,21-22,32H,6-8,12H2,1-3H3/t21-,22-/m0/s1. The summed E-state index contributed by atoms with van der Waals surface area (Å²) in [6, 6.07) is 5.15. The molecule has 176 valence electrons. The van der Waals surface area contributed by atoms with Crippen LogP contribution in [0.2, 0.25) is 0 Å². The van der Waals surface area contributed by atoms with Gasteiger partial charge in [-0.05, 0) is 55.5 Å². The lowest BCUT2D eigenvalue weighted by Gasteiger charge is -2.29. The van der Waals surface area contributed by atoms with Gasteiger partial charge in [-0.2, -0.15) is 5.10 Å². The van der Waals surface area contributed by atoms with E-state index in [2.05, 4.69) is 15.1 Å². The van der Waals surface area contributed by atoms with Crippen molar-refractivity contribution in [2.75, 3.05) is 13.2 Å². The molecule has 0 radical (unpaired) electrons. The van der Waals surface area contributed by atoms with Crippen molar-refractivity contribution in [3.63, 3.8) is 0 Å². The van der Waals surface area contributed by atoms with Gasteiger partial charge in [-0.3, -0.25) is 19.0 Å². The number of aliphatic hydroxyl groups excluding tert-OH is 1. The van der Waals surface area contributed by atoms with Crippen molar-refractivity contribution in [2.45, 2.75) is 38.8 Å². The SMILES string of the molecule is Cc1nn(C)cc1-c1ccc(Cc2cc3c(=O)n([C@H]4CCOC[C@@H]4O)cnc3c(F)c2C)cn1. The van der Waals surface area contributed by atoms with Gasteiger partial charge < -0.3 is 9.84 Å². The van der Waals surface area contributed by atoms with E-state index in [-0.39, 0.29) is 23.1 Å². The van der Waals surface area contributed by atoms with Crippen molar-refractivity contribution in [3.05, 3.63) is 75.5 Å². The fourth-order valence-corrected chi connectivity index (χ4v) is 4.60. The highest BCUT2D eigenvalue weighted by Gasteiger charge is 2.27. The summed E-state index contributed by atoms with van der Waals surface area (Å²) < 4.78 is 23.6. The summed E-state index contributed by atoms with van der Waals surface area (Å²) in [6.45, 7) is 4.23. The minimum atomic E-state index is -0.812. The molecule has 2 atom stereocenters. The number of ether oxygens (including phenoxy) is 1. The minimum Gasteiger partial charge on any atom is -0.389 e. The first kappa shape index (κ1) is 22.4. The number of aromatic nitrogens is 5. The van der Waals surface area contributed by atoms with Gasteiger partial charge in [0.25, 0.3) is 5.56 Å². The van der Waals surface area contributed by atoms with Gasteiger partial charge in [0.2, 0.25) is 0 Å². The third-order valence-electron chi connectivity index (χ3n) is 6.53. The lowest BCUT2D eigenvalue weighted by atomic mass is 9.98. The molecule has 1 aliphatic rings. The average molecular weight is 464 g/mol. The highest BCUT2D eigenvalue weighted by Crippen LogP contribution is 2.26. The van der Waals surface area contributed by atoms with Crippen LogP contribution in [0.5, 0.6) is 0 Å². The summed E-state index contributed by atoms with van der Waals surface area (Å²) in [5.41, 5.74) is 4.41. The lowest BCUT2D eigenvalue weighted by Crippen LogP contribution is -2.39. The van der Waals surface area contributed by atoms with Crippen molar-refractivity contribution in [3.8, 4) is 11.3 Å². The van der Waals surface area contributed by atoms with E-state index < -0.39 is 18.0 Å². The average Bonchev–Trinajstić information content (AvgIpc) is 3.17. The zero-order valence-corrected chi connectivity index (χ0v) is 19.3. The van der Waals surface area contributed by atoms with Crippen LogP contribution in [0.4, 0.5) is 4.39 Å². The third kappa shape index (κ3) is 3.91. The van der Waals surface area contributed by atoms with Gasteiger partial charge in [0, 0.05) is 31.6 Å². The molecule has 4 aromatic rings. The van der Waals surface area contributed by atoms with Gasteiger partial charge in [0.1, 0.15) is 5.52 Å². The van der Waals surface area contributed by atoms with E-state index in [1.54, 1.807) is 23.9 Å². The summed E-state index contributed by atoms with van der Waals surface area (Å²) in [5.74, 6) is -0.500. The fourth-order valence-electron chi connectivity index (χ4n) is 4.60. The molecule has 1 aliphatic heterocycles. The largest absolute Gasteiger partial charge is 0.389 e. The predicted octanol–water partition coefficient (Wildman–Crippen LogP) is 2.86. The molecule has 1 saturated heterocycles. The van der Waals surface area contributed by atoms with Crippen molar-refractivity contribution in [1.29, 1.82) is 0 Å². The van der Waals surface area contributed by atoms with Crippen LogP contribution in [0.25, 0.3) is 22.2 Å². The molecule has 1 fully saturated rings. The van der Waals surface area contributed by atoms with Crippen LogP contribution >= 0.6 is 0 Å². The zero-order valence-electron chi connectivity index (χ0n) is 19.3. The maximum absolute atomic E-state index is 15.2. The van der Waals surface area contributed by atoms with Crippen molar-refractivity contribution in [2.24, 2.45) is 7.05 Å². The van der Waals surface area contributed by atoms with Crippen LogP contribution in [0.1, 0.15) is 34.8 Å². The molecular formula is C25H26FN5O3. The van der Waals surface area contributed by atoms with E-state index in [1.165, 1.54) is 10.9 Å². The second-order valence-electron chi connectivity index (χ2n) is 8.86. The summed E-state index contributed by atoms with van der Waals surface area (Å²) in [7, 11) is 1.87. The van der Waals surface area contributed by atoms with Crippen LogP contribution in [0, 0.1) is 19.7 Å². The number of halogens is 1. The molecule has 0 saturated carbocycles. The van der Waals surface area contributed by atoms with E-state index in [1.807, 2.05) is 32.3 Å². The number of fused-ring (bicyclic) bond motifs is 1. The molecule has 8 nitrogen and oxygen atoms in total. The number of benzene rings is 1. The van der Waals surface area contributed by atoms with Gasteiger partial charge >= 0.3 is 0 Å². The van der Waals surface area contributed by atoms with Crippen molar-refractivity contribution >= 4 is 10.9 Å². The molecule has 0 aliphatic carbocycles.